The van der Waals surface area contributed by atoms with Gasteiger partial charge in [0, 0.05) is 17.1 Å². The number of hydrogen-bond donors (Lipinski definition) is 2. The third-order valence-corrected chi connectivity index (χ3v) is 5.29. The number of nitriles is 1. The first kappa shape index (κ1) is 17.3. The van der Waals surface area contributed by atoms with Gasteiger partial charge in [0.2, 0.25) is 5.88 Å². The molecule has 0 fully saturated rings. The van der Waals surface area contributed by atoms with Gasteiger partial charge in [-0.2, -0.15) is 5.26 Å². The number of hydrogen-bond acceptors (Lipinski definition) is 5. The van der Waals surface area contributed by atoms with E-state index >= 15 is 0 Å². The number of benzene rings is 2. The zero-order valence-corrected chi connectivity index (χ0v) is 16.3. The number of nitrogens with one attached hydrogen (secondary N) is 1. The second-order valence-corrected chi connectivity index (χ2v) is 6.94. The number of H-pyrrole nitrogens is 1. The molecule has 7 heteroatoms. The minimum Gasteiger partial charge on any atom is -0.493 e. The smallest absolute Gasteiger partial charge is 0.205 e. The molecular formula is C20H16BrN3O3. The summed E-state index contributed by atoms with van der Waals surface area (Å²) >= 11 is 3.52. The number of nitrogens with zero attached hydrogens (tertiary/aromatic N) is 1. The number of halogens is 1. The predicted octanol–water partition coefficient (Wildman–Crippen LogP) is 4.17. The molecule has 2 heterocycles. The lowest BCUT2D eigenvalue weighted by Gasteiger charge is -2.27. The molecule has 0 saturated heterocycles. The van der Waals surface area contributed by atoms with Crippen molar-refractivity contribution in [3.05, 3.63) is 63.6 Å². The van der Waals surface area contributed by atoms with Crippen LogP contribution in [0.4, 0.5) is 0 Å². The second-order valence-electron chi connectivity index (χ2n) is 6.09. The first-order chi connectivity index (χ1) is 13.1. The van der Waals surface area contributed by atoms with Crippen LogP contribution >= 0.6 is 15.9 Å². The van der Waals surface area contributed by atoms with Gasteiger partial charge in [0.25, 0.3) is 0 Å². The molecule has 1 aromatic heterocycles. The van der Waals surface area contributed by atoms with Crippen LogP contribution in [0.3, 0.4) is 0 Å². The molecule has 136 valence electrons. The normalized spacial score (nSPS) is 15.9. The maximum atomic E-state index is 9.75. The van der Waals surface area contributed by atoms with Crippen LogP contribution < -0.4 is 19.9 Å². The minimum absolute atomic E-state index is 0.100. The molecule has 3 aromatic rings. The largest absolute Gasteiger partial charge is 0.493 e. The van der Waals surface area contributed by atoms with Crippen molar-refractivity contribution < 1.29 is 14.2 Å². The topological polar surface area (TPSA) is 93.3 Å². The van der Waals surface area contributed by atoms with E-state index in [0.29, 0.717) is 22.8 Å². The number of methoxy groups -OCH3 is 2. The molecule has 0 aliphatic carbocycles. The third kappa shape index (κ3) is 2.61. The van der Waals surface area contributed by atoms with Crippen LogP contribution in [0.25, 0.3) is 10.9 Å². The van der Waals surface area contributed by atoms with E-state index in [1.54, 1.807) is 14.2 Å². The van der Waals surface area contributed by atoms with Gasteiger partial charge in [0.15, 0.2) is 17.2 Å². The summed E-state index contributed by atoms with van der Waals surface area (Å²) in [7, 11) is 3.15. The van der Waals surface area contributed by atoms with Crippen LogP contribution in [0.15, 0.2) is 52.5 Å². The molecule has 4 rings (SSSR count). The predicted molar refractivity (Wildman–Crippen MR) is 105 cm³/mol. The van der Waals surface area contributed by atoms with Crippen LogP contribution in [-0.4, -0.2) is 19.2 Å². The highest BCUT2D eigenvalue weighted by Gasteiger charge is 2.33. The Balaban J connectivity index is 1.99. The number of allylic oxidation sites excluding steroid dienone is 1. The van der Waals surface area contributed by atoms with Gasteiger partial charge in [0.05, 0.1) is 30.1 Å². The third-order valence-electron chi connectivity index (χ3n) is 4.70. The number of rotatable bonds is 3. The molecule has 27 heavy (non-hydrogen) atoms. The molecule has 0 spiro atoms. The molecule has 6 nitrogen and oxygen atoms in total. The van der Waals surface area contributed by atoms with Gasteiger partial charge in [-0.05, 0) is 39.7 Å². The monoisotopic (exact) mass is 425 g/mol. The SMILES string of the molecule is COc1cc(C2C(C#N)=C(N)Oc3c2ccc2cc[nH]c32)cc(Br)c1OC. The molecule has 1 unspecified atom stereocenters. The number of fused-ring (bicyclic) bond motifs is 3. The Morgan fingerprint density at radius 3 is 2.74 bits per heavy atom. The molecule has 2 aromatic carbocycles. The Morgan fingerprint density at radius 2 is 2.04 bits per heavy atom. The van der Waals surface area contributed by atoms with Gasteiger partial charge in [0.1, 0.15) is 11.6 Å². The van der Waals surface area contributed by atoms with Crippen molar-refractivity contribution in [1.29, 1.82) is 5.26 Å². The fourth-order valence-corrected chi connectivity index (χ4v) is 4.11. The van der Waals surface area contributed by atoms with Gasteiger partial charge in [-0.15, -0.1) is 0 Å². The molecule has 1 aliphatic rings. The highest BCUT2D eigenvalue weighted by Crippen LogP contribution is 2.47. The van der Waals surface area contributed by atoms with Crippen LogP contribution in [0, 0.1) is 11.3 Å². The fourth-order valence-electron chi connectivity index (χ4n) is 3.49. The van der Waals surface area contributed by atoms with E-state index in [2.05, 4.69) is 27.0 Å². The number of nitrogens with two attached hydrogens (primary N) is 1. The van der Waals surface area contributed by atoms with Crippen molar-refractivity contribution in [3.63, 3.8) is 0 Å². The number of aromatic nitrogens is 1. The fraction of sp³-hybridized carbons (Fsp3) is 0.150. The molecular weight excluding hydrogens is 410 g/mol. The Bertz CT molecular complexity index is 1130. The van der Waals surface area contributed by atoms with Crippen molar-refractivity contribution >= 4 is 26.8 Å². The maximum Gasteiger partial charge on any atom is 0.205 e. The summed E-state index contributed by atoms with van der Waals surface area (Å²) in [6.45, 7) is 0. The highest BCUT2D eigenvalue weighted by atomic mass is 79.9. The van der Waals surface area contributed by atoms with Crippen molar-refractivity contribution in [2.75, 3.05) is 14.2 Å². The van der Waals surface area contributed by atoms with E-state index in [1.807, 2.05) is 36.5 Å². The Morgan fingerprint density at radius 1 is 1.22 bits per heavy atom. The Kier molecular flexibility index (Phi) is 4.21. The van der Waals surface area contributed by atoms with Gasteiger partial charge >= 0.3 is 0 Å². The molecule has 0 amide bonds. The van der Waals surface area contributed by atoms with Crippen LogP contribution in [0.2, 0.25) is 0 Å². The van der Waals surface area contributed by atoms with Crippen molar-refractivity contribution in [2.45, 2.75) is 5.92 Å². The van der Waals surface area contributed by atoms with Crippen molar-refractivity contribution in [1.82, 2.24) is 4.98 Å². The summed E-state index contributed by atoms with van der Waals surface area (Å²) in [5.74, 6) is 1.49. The molecule has 1 atom stereocenters. The van der Waals surface area contributed by atoms with E-state index in [1.165, 1.54) is 0 Å². The highest BCUT2D eigenvalue weighted by molar-refractivity contribution is 9.10. The first-order valence-corrected chi connectivity index (χ1v) is 8.97. The molecule has 0 radical (unpaired) electrons. The molecule has 3 N–H and O–H groups in total. The van der Waals surface area contributed by atoms with Crippen LogP contribution in [-0.2, 0) is 0 Å². The van der Waals surface area contributed by atoms with E-state index in [4.69, 9.17) is 19.9 Å². The van der Waals surface area contributed by atoms with Gasteiger partial charge in [-0.1, -0.05) is 12.1 Å². The second kappa shape index (κ2) is 6.56. The summed E-state index contributed by atoms with van der Waals surface area (Å²) in [4.78, 5) is 3.19. The lowest BCUT2D eigenvalue weighted by atomic mass is 9.83. The molecule has 0 saturated carbocycles. The Labute approximate surface area is 164 Å². The zero-order chi connectivity index (χ0) is 19.1. The van der Waals surface area contributed by atoms with Gasteiger partial charge in [-0.3, -0.25) is 0 Å². The summed E-state index contributed by atoms with van der Waals surface area (Å²) in [5, 5.41) is 10.8. The van der Waals surface area contributed by atoms with Crippen molar-refractivity contribution in [2.24, 2.45) is 5.73 Å². The molecule has 0 bridgehead atoms. The summed E-state index contributed by atoms with van der Waals surface area (Å²) in [6, 6.07) is 11.9. The summed E-state index contributed by atoms with van der Waals surface area (Å²) in [5.41, 5.74) is 9.01. The average Bonchev–Trinajstić information content (AvgIpc) is 3.15. The standard InChI is InChI=1S/C20H16BrN3O3/c1-25-15-8-11(7-14(21)19(15)26-2)16-12-4-3-10-5-6-24-17(10)18(12)27-20(23)13(16)9-22/h3-8,16,24H,23H2,1-2H3. The van der Waals surface area contributed by atoms with Gasteiger partial charge < -0.3 is 24.9 Å². The quantitative estimate of drug-likeness (QED) is 0.656. The van der Waals surface area contributed by atoms with E-state index in [0.717, 1.165) is 26.5 Å². The van der Waals surface area contributed by atoms with Crippen LogP contribution in [0.1, 0.15) is 17.0 Å². The summed E-state index contributed by atoms with van der Waals surface area (Å²) < 4.78 is 17.4. The number of aromatic amines is 1. The summed E-state index contributed by atoms with van der Waals surface area (Å²) in [6.07, 6.45) is 1.84. The van der Waals surface area contributed by atoms with Crippen molar-refractivity contribution in [3.8, 4) is 23.3 Å². The average molecular weight is 426 g/mol. The minimum atomic E-state index is -0.387. The first-order valence-electron chi connectivity index (χ1n) is 8.18. The molecule has 1 aliphatic heterocycles. The lowest BCUT2D eigenvalue weighted by Crippen LogP contribution is -2.21. The number of ether oxygens (including phenoxy) is 3. The van der Waals surface area contributed by atoms with E-state index in [9.17, 15) is 5.26 Å². The van der Waals surface area contributed by atoms with E-state index < -0.39 is 0 Å². The Hall–Kier alpha value is -3.11. The van der Waals surface area contributed by atoms with Gasteiger partial charge in [-0.25, -0.2) is 0 Å². The lowest BCUT2D eigenvalue weighted by molar-refractivity contribution is 0.352. The van der Waals surface area contributed by atoms with E-state index in [-0.39, 0.29) is 11.8 Å². The zero-order valence-electron chi connectivity index (χ0n) is 14.7. The van der Waals surface area contributed by atoms with Crippen LogP contribution in [0.5, 0.6) is 17.2 Å². The maximum absolute atomic E-state index is 9.75.